The summed E-state index contributed by atoms with van der Waals surface area (Å²) in [6.07, 6.45) is 4.93. The van der Waals surface area contributed by atoms with Gasteiger partial charge in [-0.2, -0.15) is 0 Å². The maximum absolute atomic E-state index is 12.9. The summed E-state index contributed by atoms with van der Waals surface area (Å²) in [5.74, 6) is 0.918. The summed E-state index contributed by atoms with van der Waals surface area (Å²) in [6.45, 7) is 5.76. The molecule has 0 bridgehead atoms. The summed E-state index contributed by atoms with van der Waals surface area (Å²) in [6, 6.07) is 7.53. The van der Waals surface area contributed by atoms with Gasteiger partial charge in [0, 0.05) is 41.2 Å². The van der Waals surface area contributed by atoms with Gasteiger partial charge >= 0.3 is 29.6 Å². The predicted molar refractivity (Wildman–Crippen MR) is 116 cm³/mol. The van der Waals surface area contributed by atoms with Crippen molar-refractivity contribution in [2.24, 2.45) is 5.92 Å². The van der Waals surface area contributed by atoms with Crippen molar-refractivity contribution in [3.8, 4) is 5.75 Å². The van der Waals surface area contributed by atoms with Gasteiger partial charge in [0.2, 0.25) is 0 Å². The number of rotatable bonds is 6. The molecule has 1 aliphatic heterocycles. The molecule has 9 heteroatoms. The molecule has 7 nitrogen and oxygen atoms in total. The van der Waals surface area contributed by atoms with Crippen LogP contribution < -0.4 is 39.3 Å². The molecular weight excluding hydrogens is 437 g/mol. The molecule has 2 aromatic heterocycles. The number of hydrogen-bond acceptors (Lipinski definition) is 6. The van der Waals surface area contributed by atoms with Gasteiger partial charge in [-0.15, -0.1) is 0 Å². The molecule has 2 fully saturated rings. The second-order valence-electron chi connectivity index (χ2n) is 8.39. The fraction of sp³-hybridized carbons (Fsp3) is 0.478. The molecule has 3 aromatic rings. The molecule has 5 rings (SSSR count). The number of imidazole rings is 1. The van der Waals surface area contributed by atoms with Gasteiger partial charge in [-0.1, -0.05) is 24.3 Å². The maximum atomic E-state index is 12.9. The molecule has 2 aliphatic rings. The first kappa shape index (κ1) is 23.9. The molecule has 32 heavy (non-hydrogen) atoms. The average molecular weight is 464 g/mol. The molecule has 0 N–H and O–H groups in total. The minimum atomic E-state index is -1.38. The fourth-order valence-corrected chi connectivity index (χ4v) is 5.05. The van der Waals surface area contributed by atoms with Crippen LogP contribution in [0.5, 0.6) is 5.75 Å². The molecule has 1 atom stereocenters. The Morgan fingerprint density at radius 3 is 2.66 bits per heavy atom. The maximum Gasteiger partial charge on any atom is 1.00 e. The first-order chi connectivity index (χ1) is 15.0. The van der Waals surface area contributed by atoms with E-state index in [2.05, 4.69) is 15.0 Å². The van der Waals surface area contributed by atoms with E-state index >= 15 is 0 Å². The molecule has 1 unspecified atom stereocenters. The molecular formula is C23H26N3NaO4S. The second kappa shape index (κ2) is 9.91. The Hall–Kier alpha value is -1.29. The zero-order valence-corrected chi connectivity index (χ0v) is 21.6. The van der Waals surface area contributed by atoms with Crippen LogP contribution in [0.3, 0.4) is 0 Å². The number of benzene rings is 1. The van der Waals surface area contributed by atoms with Crippen molar-refractivity contribution in [2.45, 2.75) is 49.8 Å². The van der Waals surface area contributed by atoms with Gasteiger partial charge in [-0.25, -0.2) is 0 Å². The number of para-hydroxylation sites is 2. The van der Waals surface area contributed by atoms with E-state index in [1.54, 1.807) is 6.20 Å². The van der Waals surface area contributed by atoms with Crippen LogP contribution in [0.25, 0.3) is 11.0 Å². The van der Waals surface area contributed by atoms with E-state index in [9.17, 15) is 4.21 Å². The van der Waals surface area contributed by atoms with E-state index in [0.29, 0.717) is 25.0 Å². The van der Waals surface area contributed by atoms with Gasteiger partial charge in [0.1, 0.15) is 5.75 Å². The number of aryl methyl sites for hydroxylation is 1. The molecule has 0 radical (unpaired) electrons. The van der Waals surface area contributed by atoms with E-state index in [1.807, 2.05) is 38.1 Å². The summed E-state index contributed by atoms with van der Waals surface area (Å²) in [7, 11) is -1.38. The quantitative estimate of drug-likeness (QED) is 0.491. The van der Waals surface area contributed by atoms with Crippen LogP contribution in [-0.2, 0) is 26.0 Å². The number of hydrogen-bond donors (Lipinski definition) is 0. The third kappa shape index (κ3) is 4.81. The van der Waals surface area contributed by atoms with Crippen LogP contribution in [0.4, 0.5) is 0 Å². The Labute approximate surface area is 212 Å². The van der Waals surface area contributed by atoms with Crippen molar-refractivity contribution >= 4 is 21.8 Å². The molecule has 164 valence electrons. The minimum absolute atomic E-state index is 0. The van der Waals surface area contributed by atoms with E-state index in [0.717, 1.165) is 46.4 Å². The molecule has 0 amide bonds. The molecule has 1 saturated carbocycles. The Balaban J connectivity index is 0.00000245. The SMILES string of the molecule is Cc1cnc(CS(=O)c2nc3ccccc3[n-]2)c(C)c1OCC1COC2(CCC2)OC1.[Na+]. The zero-order chi connectivity index (χ0) is 21.4. The Kier molecular flexibility index (Phi) is 7.39. The summed E-state index contributed by atoms with van der Waals surface area (Å²) in [4.78, 5) is 13.3. The van der Waals surface area contributed by atoms with E-state index in [-0.39, 0.29) is 47.0 Å². The third-order valence-electron chi connectivity index (χ3n) is 6.07. The van der Waals surface area contributed by atoms with Crippen LogP contribution in [0.15, 0.2) is 35.6 Å². The predicted octanol–water partition coefficient (Wildman–Crippen LogP) is 0.438. The monoisotopic (exact) mass is 463 g/mol. The van der Waals surface area contributed by atoms with E-state index in [4.69, 9.17) is 14.2 Å². The van der Waals surface area contributed by atoms with Gasteiger partial charge in [0.25, 0.3) is 0 Å². The van der Waals surface area contributed by atoms with Crippen LogP contribution in [0.2, 0.25) is 0 Å². The van der Waals surface area contributed by atoms with Crippen molar-refractivity contribution in [1.29, 1.82) is 0 Å². The summed E-state index contributed by atoms with van der Waals surface area (Å²) in [5.41, 5.74) is 4.10. The molecule has 1 aromatic carbocycles. The normalized spacial score (nSPS) is 18.8. The van der Waals surface area contributed by atoms with Crippen LogP contribution >= 0.6 is 0 Å². The molecule has 1 aliphatic carbocycles. The summed E-state index contributed by atoms with van der Waals surface area (Å²) < 4.78 is 31.0. The van der Waals surface area contributed by atoms with Crippen LogP contribution in [0, 0.1) is 19.8 Å². The average Bonchev–Trinajstić information content (AvgIpc) is 3.19. The van der Waals surface area contributed by atoms with E-state index in [1.165, 1.54) is 6.42 Å². The van der Waals surface area contributed by atoms with Gasteiger partial charge in [-0.05, 0) is 31.3 Å². The number of pyridine rings is 1. The first-order valence-electron chi connectivity index (χ1n) is 10.7. The smallest absolute Gasteiger partial charge is 0.492 e. The number of nitrogens with zero attached hydrogens (tertiary/aromatic N) is 3. The number of ether oxygens (including phenoxy) is 3. The fourth-order valence-electron chi connectivity index (χ4n) is 3.98. The van der Waals surface area contributed by atoms with E-state index < -0.39 is 10.8 Å². The van der Waals surface area contributed by atoms with Crippen molar-refractivity contribution in [1.82, 2.24) is 15.0 Å². The third-order valence-corrected chi connectivity index (χ3v) is 7.20. The number of aromatic nitrogens is 3. The van der Waals surface area contributed by atoms with Crippen molar-refractivity contribution in [3.05, 3.63) is 47.3 Å². The van der Waals surface area contributed by atoms with Gasteiger partial charge in [0.05, 0.1) is 42.1 Å². The van der Waals surface area contributed by atoms with Crippen LogP contribution in [-0.4, -0.2) is 39.8 Å². The van der Waals surface area contributed by atoms with Crippen molar-refractivity contribution in [2.75, 3.05) is 19.8 Å². The van der Waals surface area contributed by atoms with Gasteiger partial charge < -0.3 is 24.2 Å². The van der Waals surface area contributed by atoms with Gasteiger partial charge in [-0.3, -0.25) is 9.19 Å². The largest absolute Gasteiger partial charge is 1.00 e. The first-order valence-corrected chi connectivity index (χ1v) is 12.0. The summed E-state index contributed by atoms with van der Waals surface area (Å²) >= 11 is 0. The standard InChI is InChI=1S/C23H26N3O4S.Na/c1-15-10-24-20(14-31(27)22-25-18-6-3-4-7-19(18)26-22)16(2)21(15)28-11-17-12-29-23(30-13-17)8-5-9-23;/h3-4,6-7,10,17H,5,8-9,11-14H2,1-2H3;/q-1;+1. The molecule has 3 heterocycles. The van der Waals surface area contributed by atoms with Crippen molar-refractivity contribution < 1.29 is 48.0 Å². The van der Waals surface area contributed by atoms with Crippen LogP contribution in [0.1, 0.15) is 36.1 Å². The summed E-state index contributed by atoms with van der Waals surface area (Å²) in [5, 5.41) is 0.340. The number of fused-ring (bicyclic) bond motifs is 1. The zero-order valence-electron chi connectivity index (χ0n) is 18.8. The minimum Gasteiger partial charge on any atom is -0.492 e. The second-order valence-corrected chi connectivity index (χ2v) is 9.73. The Morgan fingerprint density at radius 2 is 1.97 bits per heavy atom. The Morgan fingerprint density at radius 1 is 1.22 bits per heavy atom. The molecule has 1 spiro atoms. The topological polar surface area (TPSA) is 84.6 Å². The van der Waals surface area contributed by atoms with Crippen molar-refractivity contribution in [3.63, 3.8) is 0 Å². The Bertz CT molecular complexity index is 1090. The molecule has 1 saturated heterocycles. The van der Waals surface area contributed by atoms with Gasteiger partial charge in [0.15, 0.2) is 5.79 Å².